The summed E-state index contributed by atoms with van der Waals surface area (Å²) in [6, 6.07) is 13.2. The second-order valence-corrected chi connectivity index (χ2v) is 8.46. The molecule has 0 atom stereocenters. The van der Waals surface area contributed by atoms with Crippen LogP contribution in [0.3, 0.4) is 0 Å². The summed E-state index contributed by atoms with van der Waals surface area (Å²) in [4.78, 5) is 31.6. The normalized spacial score (nSPS) is 11.1. The van der Waals surface area contributed by atoms with Crippen molar-refractivity contribution < 1.29 is 14.3 Å². The maximum atomic E-state index is 13.1. The number of H-pyrrole nitrogens is 2. The van der Waals surface area contributed by atoms with Crippen molar-refractivity contribution in [1.29, 1.82) is 0 Å². The molecule has 2 heterocycles. The van der Waals surface area contributed by atoms with E-state index in [1.54, 1.807) is 18.8 Å². The van der Waals surface area contributed by atoms with E-state index in [2.05, 4.69) is 15.3 Å². The maximum Gasteiger partial charge on any atom is 0.278 e. The summed E-state index contributed by atoms with van der Waals surface area (Å²) in [7, 11) is 3.22. The van der Waals surface area contributed by atoms with Gasteiger partial charge in [-0.1, -0.05) is 24.6 Å². The summed E-state index contributed by atoms with van der Waals surface area (Å²) in [6.45, 7) is 0.926. The number of hydrogen-bond donors (Lipinski definition) is 3. The third-order valence-corrected chi connectivity index (χ3v) is 6.22. The molecular weight excluding hydrogens is 452 g/mol. The first-order chi connectivity index (χ1) is 16.5. The van der Waals surface area contributed by atoms with Crippen LogP contribution in [-0.2, 0) is 17.9 Å². The van der Waals surface area contributed by atoms with Gasteiger partial charge in [0, 0.05) is 36.0 Å². The highest BCUT2D eigenvalue weighted by Gasteiger charge is 2.12. The number of ether oxygens (including phenoxy) is 2. The lowest BCUT2D eigenvalue weighted by atomic mass is 10.1. The molecule has 0 aliphatic carbocycles. The Bertz CT molecular complexity index is 1440. The summed E-state index contributed by atoms with van der Waals surface area (Å²) < 4.78 is 12.6. The quantitative estimate of drug-likeness (QED) is 0.230. The highest BCUT2D eigenvalue weighted by Crippen LogP contribution is 2.26. The SMILES string of the molecule is COc1ccc2[nH]c3c(=O)n(CCCCCC(=O)NCc4ccccc4OC)c(=S)[nH]c3c2c1. The summed E-state index contributed by atoms with van der Waals surface area (Å²) in [6.07, 6.45) is 2.72. The van der Waals surface area contributed by atoms with Crippen LogP contribution >= 0.6 is 12.2 Å². The highest BCUT2D eigenvalue weighted by molar-refractivity contribution is 7.71. The molecular formula is C25H28N4O4S. The molecule has 0 unspecified atom stereocenters. The molecule has 0 saturated carbocycles. The largest absolute Gasteiger partial charge is 0.497 e. The predicted molar refractivity (Wildman–Crippen MR) is 135 cm³/mol. The van der Waals surface area contributed by atoms with E-state index in [4.69, 9.17) is 21.7 Å². The predicted octanol–water partition coefficient (Wildman–Crippen LogP) is 4.43. The number of fused-ring (bicyclic) bond motifs is 3. The Hall–Kier alpha value is -3.59. The second-order valence-electron chi connectivity index (χ2n) is 8.07. The fourth-order valence-electron chi connectivity index (χ4n) is 4.06. The molecule has 0 saturated heterocycles. The van der Waals surface area contributed by atoms with E-state index < -0.39 is 0 Å². The third kappa shape index (κ3) is 4.99. The average Bonchev–Trinajstić information content (AvgIpc) is 3.22. The number of methoxy groups -OCH3 is 2. The third-order valence-electron chi connectivity index (χ3n) is 5.90. The van der Waals surface area contributed by atoms with Gasteiger partial charge >= 0.3 is 0 Å². The van der Waals surface area contributed by atoms with E-state index >= 15 is 0 Å². The van der Waals surface area contributed by atoms with Crippen molar-refractivity contribution in [1.82, 2.24) is 19.9 Å². The van der Waals surface area contributed by atoms with Gasteiger partial charge in [-0.2, -0.15) is 0 Å². The van der Waals surface area contributed by atoms with Crippen LogP contribution in [0.1, 0.15) is 31.2 Å². The molecule has 4 rings (SSSR count). The van der Waals surface area contributed by atoms with Crippen LogP contribution in [0, 0.1) is 4.77 Å². The van der Waals surface area contributed by atoms with Gasteiger partial charge < -0.3 is 24.8 Å². The number of aromatic nitrogens is 3. The van der Waals surface area contributed by atoms with Crippen LogP contribution in [0.15, 0.2) is 47.3 Å². The first kappa shape index (κ1) is 23.6. The minimum atomic E-state index is -0.150. The summed E-state index contributed by atoms with van der Waals surface area (Å²) >= 11 is 5.47. The van der Waals surface area contributed by atoms with E-state index in [-0.39, 0.29) is 11.5 Å². The van der Waals surface area contributed by atoms with Gasteiger partial charge in [-0.15, -0.1) is 0 Å². The first-order valence-corrected chi connectivity index (χ1v) is 11.6. The topological polar surface area (TPSA) is 101 Å². The number of nitrogens with one attached hydrogen (secondary N) is 3. The van der Waals surface area contributed by atoms with Gasteiger partial charge in [0.1, 0.15) is 17.0 Å². The molecule has 4 aromatic rings. The fraction of sp³-hybridized carbons (Fsp3) is 0.320. The zero-order valence-corrected chi connectivity index (χ0v) is 20.1. The molecule has 0 bridgehead atoms. The summed E-state index contributed by atoms with van der Waals surface area (Å²) in [5, 5.41) is 3.80. The number of nitrogens with zero attached hydrogens (tertiary/aromatic N) is 1. The number of hydrogen-bond acceptors (Lipinski definition) is 5. The van der Waals surface area contributed by atoms with Crippen molar-refractivity contribution >= 4 is 40.1 Å². The van der Waals surface area contributed by atoms with Crippen LogP contribution in [-0.4, -0.2) is 34.7 Å². The van der Waals surface area contributed by atoms with Gasteiger partial charge in [0.15, 0.2) is 4.77 Å². The zero-order valence-electron chi connectivity index (χ0n) is 19.3. The molecule has 34 heavy (non-hydrogen) atoms. The Labute approximate surface area is 201 Å². The number of carbonyl (C=O) groups is 1. The smallest absolute Gasteiger partial charge is 0.278 e. The van der Waals surface area contributed by atoms with Gasteiger partial charge in [0.05, 0.1) is 19.7 Å². The minimum Gasteiger partial charge on any atom is -0.497 e. The van der Waals surface area contributed by atoms with Crippen molar-refractivity contribution in [2.24, 2.45) is 0 Å². The summed E-state index contributed by atoms with van der Waals surface area (Å²) in [5.41, 5.74) is 2.82. The molecule has 9 heteroatoms. The molecule has 8 nitrogen and oxygen atoms in total. The van der Waals surface area contributed by atoms with Gasteiger partial charge in [0.2, 0.25) is 5.91 Å². The molecule has 3 N–H and O–H groups in total. The molecule has 2 aromatic heterocycles. The standard InChI is InChI=1S/C25H28N4O4S/c1-32-17-11-12-19-18(14-17)22-23(27-19)24(31)29(25(34)28-22)13-7-3-4-10-21(30)26-15-16-8-5-6-9-20(16)33-2/h5-6,8-9,11-12,14,27H,3-4,7,10,13,15H2,1-2H3,(H,26,30)(H,28,34). The maximum absolute atomic E-state index is 13.1. The second kappa shape index (κ2) is 10.6. The lowest BCUT2D eigenvalue weighted by Gasteiger charge is -2.10. The number of aromatic amines is 2. The lowest BCUT2D eigenvalue weighted by molar-refractivity contribution is -0.121. The highest BCUT2D eigenvalue weighted by atomic mass is 32.1. The van der Waals surface area contributed by atoms with E-state index in [0.29, 0.717) is 41.1 Å². The molecule has 178 valence electrons. The molecule has 2 aromatic carbocycles. The molecule has 0 spiro atoms. The Morgan fingerprint density at radius 3 is 2.65 bits per heavy atom. The Balaban J connectivity index is 1.32. The van der Waals surface area contributed by atoms with Crippen LogP contribution in [0.5, 0.6) is 11.5 Å². The number of amides is 1. The Morgan fingerprint density at radius 1 is 1.03 bits per heavy atom. The van der Waals surface area contributed by atoms with Crippen LogP contribution < -0.4 is 20.3 Å². The van der Waals surface area contributed by atoms with E-state index in [9.17, 15) is 9.59 Å². The molecule has 0 fully saturated rings. The fourth-order valence-corrected chi connectivity index (χ4v) is 4.33. The Kier molecular flexibility index (Phi) is 7.32. The van der Waals surface area contributed by atoms with E-state index in [1.165, 1.54) is 0 Å². The first-order valence-electron chi connectivity index (χ1n) is 11.2. The number of carbonyl (C=O) groups excluding carboxylic acids is 1. The van der Waals surface area contributed by atoms with E-state index in [1.807, 2.05) is 42.5 Å². The monoisotopic (exact) mass is 480 g/mol. The Morgan fingerprint density at radius 2 is 1.85 bits per heavy atom. The van der Waals surface area contributed by atoms with Gasteiger partial charge in [-0.05, 0) is 49.3 Å². The minimum absolute atomic E-state index is 0.00436. The van der Waals surface area contributed by atoms with Crippen LogP contribution in [0.2, 0.25) is 0 Å². The number of para-hydroxylation sites is 1. The lowest BCUT2D eigenvalue weighted by Crippen LogP contribution is -2.23. The van der Waals surface area contributed by atoms with Crippen molar-refractivity contribution in [2.45, 2.75) is 38.8 Å². The van der Waals surface area contributed by atoms with Crippen molar-refractivity contribution in [2.75, 3.05) is 14.2 Å². The number of benzene rings is 2. The van der Waals surface area contributed by atoms with Crippen molar-refractivity contribution in [3.05, 3.63) is 63.2 Å². The van der Waals surface area contributed by atoms with E-state index in [0.717, 1.165) is 41.5 Å². The van der Waals surface area contributed by atoms with Crippen LogP contribution in [0.4, 0.5) is 0 Å². The van der Waals surface area contributed by atoms with Gasteiger partial charge in [-0.3, -0.25) is 14.2 Å². The molecule has 0 aliphatic heterocycles. The molecule has 1 amide bonds. The van der Waals surface area contributed by atoms with Crippen molar-refractivity contribution in [3.63, 3.8) is 0 Å². The summed E-state index contributed by atoms with van der Waals surface area (Å²) in [5.74, 6) is 1.47. The number of unbranched alkanes of at least 4 members (excludes halogenated alkanes) is 2. The average molecular weight is 481 g/mol. The van der Waals surface area contributed by atoms with Gasteiger partial charge in [-0.25, -0.2) is 0 Å². The van der Waals surface area contributed by atoms with Crippen LogP contribution in [0.25, 0.3) is 21.9 Å². The zero-order chi connectivity index (χ0) is 24.1. The van der Waals surface area contributed by atoms with Crippen molar-refractivity contribution in [3.8, 4) is 11.5 Å². The molecule has 0 radical (unpaired) electrons. The number of rotatable bonds is 10. The molecule has 0 aliphatic rings. The van der Waals surface area contributed by atoms with Gasteiger partial charge in [0.25, 0.3) is 5.56 Å².